The van der Waals surface area contributed by atoms with Gasteiger partial charge in [-0.2, -0.15) is 0 Å². The molecule has 3 aromatic rings. The SMILES string of the molecule is CCN1C(=CC=Cc2n(CC)c3cc(Cl)c(Cl)cc3[n+]2CCCS(=O)(=O)[O-])N(NCCS(=O)(=O)[O-])c2cc(Cl)c(Cl)cc21. The van der Waals surface area contributed by atoms with Crippen LogP contribution in [0.2, 0.25) is 20.1 Å². The molecule has 1 aliphatic rings. The highest BCUT2D eigenvalue weighted by Gasteiger charge is 2.31. The molecule has 1 N–H and O–H groups in total. The van der Waals surface area contributed by atoms with Crippen LogP contribution in [0.25, 0.3) is 17.1 Å². The second-order valence-electron chi connectivity index (χ2n) is 9.51. The third-order valence-electron chi connectivity index (χ3n) is 6.73. The summed E-state index contributed by atoms with van der Waals surface area (Å²) in [5.41, 5.74) is 5.80. The number of aryl methyl sites for hydroxylation is 2. The molecule has 0 atom stereocenters. The number of halogens is 4. The van der Waals surface area contributed by atoms with Gasteiger partial charge in [0.1, 0.15) is 5.82 Å². The molecule has 0 saturated heterocycles. The fourth-order valence-electron chi connectivity index (χ4n) is 4.95. The molecular formula is C26H28Cl4N5O6S2-. The van der Waals surface area contributed by atoms with Crippen molar-refractivity contribution < 1.29 is 30.5 Å². The van der Waals surface area contributed by atoms with Gasteiger partial charge in [0, 0.05) is 37.1 Å². The molecule has 0 amide bonds. The quantitative estimate of drug-likeness (QED) is 0.208. The first-order chi connectivity index (χ1) is 20.1. The molecule has 0 bridgehead atoms. The van der Waals surface area contributed by atoms with E-state index in [1.54, 1.807) is 41.4 Å². The van der Waals surface area contributed by atoms with Crippen LogP contribution in [0.4, 0.5) is 11.4 Å². The molecule has 234 valence electrons. The van der Waals surface area contributed by atoms with Crippen molar-refractivity contribution >= 4 is 95.1 Å². The lowest BCUT2D eigenvalue weighted by Gasteiger charge is -2.25. The Bertz CT molecular complexity index is 1830. The van der Waals surface area contributed by atoms with Crippen molar-refractivity contribution in [3.63, 3.8) is 0 Å². The van der Waals surface area contributed by atoms with Gasteiger partial charge in [-0.05, 0) is 38.5 Å². The zero-order chi connectivity index (χ0) is 31.7. The second kappa shape index (κ2) is 13.5. The molecule has 1 aliphatic heterocycles. The minimum Gasteiger partial charge on any atom is -0.748 e. The summed E-state index contributed by atoms with van der Waals surface area (Å²) in [6, 6.07) is 6.77. The summed E-state index contributed by atoms with van der Waals surface area (Å²) in [4.78, 5) is 1.93. The first kappa shape index (κ1) is 33.8. The van der Waals surface area contributed by atoms with Crippen molar-refractivity contribution in [3.8, 4) is 0 Å². The number of nitrogens with zero attached hydrogens (tertiary/aromatic N) is 4. The third-order valence-corrected chi connectivity index (χ3v) is 9.67. The van der Waals surface area contributed by atoms with Gasteiger partial charge in [0.25, 0.3) is 5.82 Å². The van der Waals surface area contributed by atoms with Crippen molar-refractivity contribution in [3.05, 3.63) is 68.2 Å². The van der Waals surface area contributed by atoms with E-state index in [0.717, 1.165) is 11.2 Å². The van der Waals surface area contributed by atoms with E-state index in [1.807, 2.05) is 34.0 Å². The average Bonchev–Trinajstić information content (AvgIpc) is 3.34. The number of aromatic nitrogens is 2. The normalized spacial score (nSPS) is 15.0. The molecule has 2 heterocycles. The number of hydrogen-bond acceptors (Lipinski definition) is 9. The number of hydrogen-bond donors (Lipinski definition) is 1. The lowest BCUT2D eigenvalue weighted by Crippen LogP contribution is -2.41. The molecule has 1 aromatic heterocycles. The van der Waals surface area contributed by atoms with Crippen LogP contribution in [-0.2, 0) is 33.3 Å². The number of imidazole rings is 1. The Kier molecular flexibility index (Phi) is 10.6. The Hall–Kier alpha value is -2.07. The highest BCUT2D eigenvalue weighted by molar-refractivity contribution is 7.85. The summed E-state index contributed by atoms with van der Waals surface area (Å²) in [5, 5.41) is 2.95. The van der Waals surface area contributed by atoms with Gasteiger partial charge in [0.2, 0.25) is 0 Å². The highest BCUT2D eigenvalue weighted by atomic mass is 35.5. The van der Waals surface area contributed by atoms with Crippen LogP contribution >= 0.6 is 46.4 Å². The Morgan fingerprint density at radius 2 is 1.47 bits per heavy atom. The van der Waals surface area contributed by atoms with Crippen molar-refractivity contribution in [2.45, 2.75) is 33.4 Å². The van der Waals surface area contributed by atoms with Crippen molar-refractivity contribution in [2.75, 3.05) is 34.5 Å². The monoisotopic (exact) mass is 710 g/mol. The molecule has 11 nitrogen and oxygen atoms in total. The van der Waals surface area contributed by atoms with Crippen LogP contribution in [0.3, 0.4) is 0 Å². The molecule has 0 unspecified atom stereocenters. The van der Waals surface area contributed by atoms with E-state index in [1.165, 1.54) is 0 Å². The van der Waals surface area contributed by atoms with Gasteiger partial charge in [-0.15, -0.1) is 0 Å². The van der Waals surface area contributed by atoms with Gasteiger partial charge in [0.05, 0.1) is 70.5 Å². The van der Waals surface area contributed by atoms with E-state index in [0.29, 0.717) is 56.0 Å². The zero-order valence-corrected chi connectivity index (χ0v) is 27.7. The fourth-order valence-corrected chi connectivity index (χ4v) is 6.41. The Balaban J connectivity index is 1.80. The molecule has 17 heteroatoms. The maximum Gasteiger partial charge on any atom is 0.282 e. The topological polar surface area (TPSA) is 142 Å². The summed E-state index contributed by atoms with van der Waals surface area (Å²) in [6.07, 6.45) is 5.47. The third kappa shape index (κ3) is 7.78. The number of nitrogens with one attached hydrogen (secondary N) is 1. The average molecular weight is 712 g/mol. The van der Waals surface area contributed by atoms with Crippen molar-refractivity contribution in [1.82, 2.24) is 9.99 Å². The van der Waals surface area contributed by atoms with Crippen LogP contribution in [0, 0.1) is 0 Å². The lowest BCUT2D eigenvalue weighted by atomic mass is 10.2. The maximum atomic E-state index is 11.3. The first-order valence-corrected chi connectivity index (χ1v) is 17.8. The van der Waals surface area contributed by atoms with E-state index in [9.17, 15) is 25.9 Å². The molecule has 0 spiro atoms. The van der Waals surface area contributed by atoms with Gasteiger partial charge in [-0.3, -0.25) is 5.01 Å². The van der Waals surface area contributed by atoms with Gasteiger partial charge in [-0.1, -0.05) is 52.5 Å². The number of allylic oxidation sites excluding steroid dienone is 2. The van der Waals surface area contributed by atoms with E-state index >= 15 is 0 Å². The van der Waals surface area contributed by atoms with Crippen molar-refractivity contribution in [1.29, 1.82) is 0 Å². The van der Waals surface area contributed by atoms with Crippen LogP contribution in [-0.4, -0.2) is 55.1 Å². The predicted octanol–water partition coefficient (Wildman–Crippen LogP) is 4.75. The van der Waals surface area contributed by atoms with E-state index < -0.39 is 31.7 Å². The smallest absolute Gasteiger partial charge is 0.282 e. The number of fused-ring (bicyclic) bond motifs is 2. The van der Waals surface area contributed by atoms with Crippen LogP contribution < -0.4 is 19.9 Å². The standard InChI is InChI=1S/C26H29Cl4N5O6S2/c1-3-32-21-13-17(27)18(28)14-22(21)34(10-6-11-42(36,37)38)25(32)7-5-8-26-33(4-2)23-15-19(29)20(30)16-24(23)35(26)31-9-12-43(39,40)41/h5,7-8,13-16,31H,3-4,6,9-12H2,1-2H3,(H-,36,37,38,39,40,41)/p-1. The Morgan fingerprint density at radius 1 is 0.860 bits per heavy atom. The molecule has 0 saturated carbocycles. The first-order valence-electron chi connectivity index (χ1n) is 13.1. The molecule has 0 radical (unpaired) electrons. The highest BCUT2D eigenvalue weighted by Crippen LogP contribution is 2.44. The molecular weight excluding hydrogens is 684 g/mol. The zero-order valence-electron chi connectivity index (χ0n) is 23.1. The minimum atomic E-state index is -4.46. The molecule has 2 aromatic carbocycles. The maximum absolute atomic E-state index is 11.3. The Morgan fingerprint density at radius 3 is 2.07 bits per heavy atom. The number of benzene rings is 2. The Labute approximate surface area is 270 Å². The predicted molar refractivity (Wildman–Crippen MR) is 169 cm³/mol. The van der Waals surface area contributed by atoms with Crippen LogP contribution in [0.5, 0.6) is 0 Å². The van der Waals surface area contributed by atoms with Gasteiger partial charge in [-0.25, -0.2) is 31.4 Å². The van der Waals surface area contributed by atoms with Crippen molar-refractivity contribution in [2.24, 2.45) is 0 Å². The summed E-state index contributed by atoms with van der Waals surface area (Å²) in [7, 11) is -8.87. The van der Waals surface area contributed by atoms with Gasteiger partial charge >= 0.3 is 0 Å². The number of anilines is 2. The molecule has 43 heavy (non-hydrogen) atoms. The van der Waals surface area contributed by atoms with Gasteiger partial charge < -0.3 is 14.0 Å². The van der Waals surface area contributed by atoms with Crippen LogP contribution in [0.1, 0.15) is 26.1 Å². The lowest BCUT2D eigenvalue weighted by molar-refractivity contribution is -0.673. The fraction of sp³-hybridized carbons (Fsp3) is 0.346. The number of rotatable bonds is 12. The summed E-state index contributed by atoms with van der Waals surface area (Å²) >= 11 is 25.3. The largest absolute Gasteiger partial charge is 0.748 e. The van der Waals surface area contributed by atoms with E-state index in [2.05, 4.69) is 5.43 Å². The minimum absolute atomic E-state index is 0.0856. The number of hydrazine groups is 1. The summed E-state index contributed by atoms with van der Waals surface area (Å²) in [6.45, 7) is 4.99. The summed E-state index contributed by atoms with van der Waals surface area (Å²) < 4.78 is 71.5. The molecule has 0 aliphatic carbocycles. The van der Waals surface area contributed by atoms with E-state index in [-0.39, 0.29) is 19.5 Å². The van der Waals surface area contributed by atoms with Crippen LogP contribution in [0.15, 0.2) is 42.2 Å². The summed E-state index contributed by atoms with van der Waals surface area (Å²) in [5.74, 6) is 0.139. The van der Waals surface area contributed by atoms with E-state index in [4.69, 9.17) is 46.4 Å². The molecule has 4 rings (SSSR count). The molecule has 0 fully saturated rings. The second-order valence-corrected chi connectivity index (χ2v) is 14.2. The van der Waals surface area contributed by atoms with Gasteiger partial charge in [0.15, 0.2) is 11.0 Å².